The number of furan rings is 1. The maximum atomic E-state index is 12.9. The summed E-state index contributed by atoms with van der Waals surface area (Å²) in [5, 5.41) is 1.53. The molecule has 1 aromatic heterocycles. The zero-order valence-electron chi connectivity index (χ0n) is 11.2. The quantitative estimate of drug-likeness (QED) is 0.757. The summed E-state index contributed by atoms with van der Waals surface area (Å²) in [6, 6.07) is 9.83. The highest BCUT2D eigenvalue weighted by atomic mass is 32.2. The topological polar surface area (TPSA) is 25.6 Å². The second kappa shape index (κ2) is 6.01. The number of anilines is 1. The Bertz CT molecular complexity index is 694. The standard InChI is InChI=1S/C15H12FNO2S2/c1-10-2-7-13(19-10)8-14-9-18-17(15(20)21-14)12-5-3-11(16)4-6-12/h2-8H,9H2,1H3/b14-8+. The molecule has 108 valence electrons. The van der Waals surface area contributed by atoms with Gasteiger partial charge in [-0.15, -0.1) is 0 Å². The van der Waals surface area contributed by atoms with Crippen molar-refractivity contribution in [3.8, 4) is 0 Å². The van der Waals surface area contributed by atoms with Crippen LogP contribution in [-0.2, 0) is 4.84 Å². The SMILES string of the molecule is Cc1ccc(/C=C2\CON(c3ccc(F)cc3)C(=S)S2)o1. The van der Waals surface area contributed by atoms with Crippen molar-refractivity contribution >= 4 is 40.1 Å². The molecule has 0 unspecified atom stereocenters. The fourth-order valence-corrected chi connectivity index (χ4v) is 3.11. The lowest BCUT2D eigenvalue weighted by Crippen LogP contribution is -2.32. The molecule has 1 aromatic carbocycles. The molecule has 1 fully saturated rings. The van der Waals surface area contributed by atoms with E-state index in [0.717, 1.165) is 16.4 Å². The number of nitrogens with zero attached hydrogens (tertiary/aromatic N) is 1. The molecule has 6 heteroatoms. The van der Waals surface area contributed by atoms with Crippen LogP contribution in [0, 0.1) is 12.7 Å². The Kier molecular flexibility index (Phi) is 4.10. The van der Waals surface area contributed by atoms with E-state index in [1.54, 1.807) is 12.1 Å². The Morgan fingerprint density at radius 3 is 2.62 bits per heavy atom. The molecular weight excluding hydrogens is 309 g/mol. The van der Waals surface area contributed by atoms with Gasteiger partial charge in [-0.3, -0.25) is 4.84 Å². The van der Waals surface area contributed by atoms with Crippen LogP contribution in [0.2, 0.25) is 0 Å². The smallest absolute Gasteiger partial charge is 0.170 e. The summed E-state index contributed by atoms with van der Waals surface area (Å²) >= 11 is 6.78. The lowest BCUT2D eigenvalue weighted by atomic mass is 10.3. The summed E-state index contributed by atoms with van der Waals surface area (Å²) in [4.78, 5) is 6.61. The van der Waals surface area contributed by atoms with E-state index < -0.39 is 0 Å². The third-order valence-electron chi connectivity index (χ3n) is 2.85. The minimum Gasteiger partial charge on any atom is -0.462 e. The van der Waals surface area contributed by atoms with Crippen molar-refractivity contribution in [2.24, 2.45) is 0 Å². The Hall–Kier alpha value is -1.63. The van der Waals surface area contributed by atoms with Gasteiger partial charge in [-0.2, -0.15) is 0 Å². The van der Waals surface area contributed by atoms with Crippen LogP contribution in [0.15, 0.2) is 45.7 Å². The first-order valence-electron chi connectivity index (χ1n) is 6.29. The fourth-order valence-electron chi connectivity index (χ4n) is 1.88. The number of hydroxylamine groups is 1. The van der Waals surface area contributed by atoms with E-state index in [-0.39, 0.29) is 5.82 Å². The van der Waals surface area contributed by atoms with Crippen molar-refractivity contribution < 1.29 is 13.6 Å². The van der Waals surface area contributed by atoms with Gasteiger partial charge < -0.3 is 4.42 Å². The van der Waals surface area contributed by atoms with E-state index in [0.29, 0.717) is 16.6 Å². The minimum absolute atomic E-state index is 0.289. The van der Waals surface area contributed by atoms with Crippen LogP contribution in [0.3, 0.4) is 0 Å². The maximum absolute atomic E-state index is 12.9. The number of hydrogen-bond acceptors (Lipinski definition) is 4. The van der Waals surface area contributed by atoms with Gasteiger partial charge in [0.1, 0.15) is 23.9 Å². The van der Waals surface area contributed by atoms with Crippen LogP contribution in [0.25, 0.3) is 6.08 Å². The van der Waals surface area contributed by atoms with Crippen molar-refractivity contribution in [2.75, 3.05) is 11.7 Å². The van der Waals surface area contributed by atoms with Crippen molar-refractivity contribution in [3.63, 3.8) is 0 Å². The van der Waals surface area contributed by atoms with E-state index in [9.17, 15) is 4.39 Å². The zero-order chi connectivity index (χ0) is 14.8. The fraction of sp³-hybridized carbons (Fsp3) is 0.133. The maximum Gasteiger partial charge on any atom is 0.170 e. The molecule has 3 rings (SSSR count). The summed E-state index contributed by atoms with van der Waals surface area (Å²) < 4.78 is 19.0. The number of thioether (sulfide) groups is 1. The molecule has 0 radical (unpaired) electrons. The van der Waals surface area contributed by atoms with Gasteiger partial charge >= 0.3 is 0 Å². The van der Waals surface area contributed by atoms with Gasteiger partial charge in [0.05, 0.1) is 5.69 Å². The van der Waals surface area contributed by atoms with Gasteiger partial charge in [0, 0.05) is 4.91 Å². The highest BCUT2D eigenvalue weighted by molar-refractivity contribution is 8.26. The summed E-state index contributed by atoms with van der Waals surface area (Å²) in [6.07, 6.45) is 1.91. The number of rotatable bonds is 2. The molecule has 1 aliphatic heterocycles. The molecule has 2 heterocycles. The first-order chi connectivity index (χ1) is 10.1. The van der Waals surface area contributed by atoms with E-state index in [1.165, 1.54) is 29.0 Å². The summed E-state index contributed by atoms with van der Waals surface area (Å²) in [6.45, 7) is 2.29. The summed E-state index contributed by atoms with van der Waals surface area (Å²) in [5.74, 6) is 1.35. The second-order valence-electron chi connectivity index (χ2n) is 4.47. The summed E-state index contributed by atoms with van der Waals surface area (Å²) in [5.41, 5.74) is 0.710. The van der Waals surface area contributed by atoms with Gasteiger partial charge in [0.15, 0.2) is 4.32 Å². The number of aryl methyl sites for hydroxylation is 1. The monoisotopic (exact) mass is 321 g/mol. The Balaban J connectivity index is 1.73. The predicted molar refractivity (Wildman–Crippen MR) is 86.4 cm³/mol. The average Bonchev–Trinajstić information content (AvgIpc) is 2.86. The third-order valence-corrected chi connectivity index (χ3v) is 4.10. The Morgan fingerprint density at radius 2 is 2.00 bits per heavy atom. The molecule has 0 spiro atoms. The largest absolute Gasteiger partial charge is 0.462 e. The van der Waals surface area contributed by atoms with Gasteiger partial charge in [0.25, 0.3) is 0 Å². The normalized spacial score (nSPS) is 17.5. The van der Waals surface area contributed by atoms with Crippen molar-refractivity contribution in [3.05, 3.63) is 58.6 Å². The van der Waals surface area contributed by atoms with Crippen LogP contribution in [0.1, 0.15) is 11.5 Å². The molecule has 1 saturated heterocycles. The molecule has 21 heavy (non-hydrogen) atoms. The molecule has 0 amide bonds. The van der Waals surface area contributed by atoms with E-state index in [2.05, 4.69) is 0 Å². The third kappa shape index (κ3) is 3.34. The number of benzene rings is 1. The van der Waals surface area contributed by atoms with Gasteiger partial charge in [-0.25, -0.2) is 9.45 Å². The van der Waals surface area contributed by atoms with Crippen LogP contribution in [0.5, 0.6) is 0 Å². The molecule has 1 aliphatic rings. The lowest BCUT2D eigenvalue weighted by Gasteiger charge is -2.28. The number of thiocarbonyl (C=S) groups is 1. The first kappa shape index (κ1) is 14.3. The predicted octanol–water partition coefficient (Wildman–Crippen LogP) is 4.54. The van der Waals surface area contributed by atoms with E-state index in [4.69, 9.17) is 21.5 Å². The molecule has 0 atom stereocenters. The van der Waals surface area contributed by atoms with Gasteiger partial charge in [-0.1, -0.05) is 11.8 Å². The van der Waals surface area contributed by atoms with Crippen molar-refractivity contribution in [1.29, 1.82) is 0 Å². The number of hydrogen-bond donors (Lipinski definition) is 0. The Labute approximate surface area is 131 Å². The van der Waals surface area contributed by atoms with Crippen LogP contribution in [0.4, 0.5) is 10.1 Å². The minimum atomic E-state index is -0.289. The highest BCUT2D eigenvalue weighted by Crippen LogP contribution is 2.32. The molecular formula is C15H12FNO2S2. The van der Waals surface area contributed by atoms with E-state index >= 15 is 0 Å². The van der Waals surface area contributed by atoms with Crippen molar-refractivity contribution in [1.82, 2.24) is 0 Å². The Morgan fingerprint density at radius 1 is 1.24 bits per heavy atom. The second-order valence-corrected chi connectivity index (χ2v) is 6.23. The molecule has 0 saturated carbocycles. The first-order valence-corrected chi connectivity index (χ1v) is 7.52. The molecule has 3 nitrogen and oxygen atoms in total. The molecule has 0 bridgehead atoms. The van der Waals surface area contributed by atoms with Gasteiger partial charge in [-0.05, 0) is 61.6 Å². The van der Waals surface area contributed by atoms with E-state index in [1.807, 2.05) is 25.1 Å². The number of halogens is 1. The van der Waals surface area contributed by atoms with Crippen molar-refractivity contribution in [2.45, 2.75) is 6.92 Å². The average molecular weight is 321 g/mol. The van der Waals surface area contributed by atoms with Gasteiger partial charge in [0.2, 0.25) is 0 Å². The molecule has 2 aromatic rings. The molecule has 0 aliphatic carbocycles. The zero-order valence-corrected chi connectivity index (χ0v) is 12.8. The van der Waals surface area contributed by atoms with Crippen LogP contribution in [-0.4, -0.2) is 10.9 Å². The van der Waals surface area contributed by atoms with Crippen LogP contribution < -0.4 is 5.06 Å². The lowest BCUT2D eigenvalue weighted by molar-refractivity contribution is 0.171. The van der Waals surface area contributed by atoms with Crippen LogP contribution >= 0.6 is 24.0 Å². The molecule has 0 N–H and O–H groups in total. The highest BCUT2D eigenvalue weighted by Gasteiger charge is 2.22. The summed E-state index contributed by atoms with van der Waals surface area (Å²) in [7, 11) is 0.